The summed E-state index contributed by atoms with van der Waals surface area (Å²) in [5, 5.41) is 11.1. The Kier molecular flexibility index (Phi) is 4.64. The van der Waals surface area contributed by atoms with Crippen LogP contribution in [0, 0.1) is 11.7 Å². The van der Waals surface area contributed by atoms with E-state index in [-0.39, 0.29) is 16.5 Å². The highest BCUT2D eigenvalue weighted by Crippen LogP contribution is 2.47. The van der Waals surface area contributed by atoms with Gasteiger partial charge in [-0.1, -0.05) is 41.9 Å². The number of amides is 2. The minimum atomic E-state index is -1.06. The lowest BCUT2D eigenvalue weighted by Crippen LogP contribution is -2.37. The zero-order chi connectivity index (χ0) is 21.7. The van der Waals surface area contributed by atoms with Crippen LogP contribution in [-0.4, -0.2) is 23.0 Å². The second-order valence-corrected chi connectivity index (χ2v) is 7.77. The summed E-state index contributed by atoms with van der Waals surface area (Å²) in [6.07, 6.45) is -1.06. The number of phenolic OH excluding ortho intramolecular Hbond substituents is 1. The number of phenols is 1. The maximum Gasteiger partial charge on any atom is 0.266 e. The Morgan fingerprint density at radius 3 is 2.29 bits per heavy atom. The lowest BCUT2D eigenvalue weighted by molar-refractivity contribution is -0.126. The lowest BCUT2D eigenvalue weighted by atomic mass is 9.90. The number of fused-ring (bicyclic) bond motifs is 1. The number of rotatable bonds is 3. The predicted octanol–water partition coefficient (Wildman–Crippen LogP) is 4.24. The number of nitrogens with zero attached hydrogens (tertiary/aromatic N) is 2. The summed E-state index contributed by atoms with van der Waals surface area (Å²) in [4.78, 5) is 33.5. The molecule has 3 aromatic rings. The molecule has 2 aliphatic heterocycles. The number of anilines is 2. The maximum atomic E-state index is 14.0. The highest BCUT2D eigenvalue weighted by molar-refractivity contribution is 6.31. The van der Waals surface area contributed by atoms with Gasteiger partial charge in [-0.05, 0) is 48.0 Å². The Bertz CT molecular complexity index is 1170. The van der Waals surface area contributed by atoms with Crippen molar-refractivity contribution in [3.05, 3.63) is 89.2 Å². The van der Waals surface area contributed by atoms with Crippen LogP contribution >= 0.6 is 11.6 Å². The highest BCUT2D eigenvalue weighted by Gasteiger charge is 2.60. The van der Waals surface area contributed by atoms with Gasteiger partial charge in [-0.3, -0.25) is 14.4 Å². The molecule has 0 bridgehead atoms. The van der Waals surface area contributed by atoms with E-state index in [1.54, 1.807) is 17.2 Å². The van der Waals surface area contributed by atoms with Crippen molar-refractivity contribution in [3.8, 4) is 5.75 Å². The Labute approximate surface area is 182 Å². The van der Waals surface area contributed by atoms with Crippen LogP contribution < -0.4 is 9.96 Å². The minimum Gasteiger partial charge on any atom is -0.508 e. The molecule has 0 unspecified atom stereocenters. The van der Waals surface area contributed by atoms with Gasteiger partial charge in [-0.2, -0.15) is 0 Å². The zero-order valence-corrected chi connectivity index (χ0v) is 16.7. The average molecular weight is 439 g/mol. The number of para-hydroxylation sites is 1. The van der Waals surface area contributed by atoms with Gasteiger partial charge in [-0.25, -0.2) is 14.4 Å². The van der Waals surface area contributed by atoms with Crippen molar-refractivity contribution in [2.24, 2.45) is 5.92 Å². The Morgan fingerprint density at radius 1 is 0.903 bits per heavy atom. The highest BCUT2D eigenvalue weighted by atomic mass is 35.5. The first-order valence-electron chi connectivity index (χ1n) is 9.58. The number of imide groups is 1. The van der Waals surface area contributed by atoms with Gasteiger partial charge in [0.25, 0.3) is 5.91 Å². The number of hydrogen-bond donors (Lipinski definition) is 1. The number of carbonyl (C=O) groups is 2. The third-order valence-electron chi connectivity index (χ3n) is 5.52. The molecule has 156 valence electrons. The second-order valence-electron chi connectivity index (χ2n) is 7.36. The fourth-order valence-corrected chi connectivity index (χ4v) is 4.22. The average Bonchev–Trinajstić information content (AvgIpc) is 3.28. The second kappa shape index (κ2) is 7.37. The van der Waals surface area contributed by atoms with Gasteiger partial charge in [-0.15, -0.1) is 0 Å². The molecule has 5 rings (SSSR count). The van der Waals surface area contributed by atoms with E-state index >= 15 is 0 Å². The van der Waals surface area contributed by atoms with Gasteiger partial charge < -0.3 is 5.11 Å². The van der Waals surface area contributed by atoms with Crippen LogP contribution in [0.15, 0.2) is 72.8 Å². The van der Waals surface area contributed by atoms with Gasteiger partial charge in [0, 0.05) is 0 Å². The number of carbonyl (C=O) groups excluding carboxylic acids is 2. The number of hydroxylamine groups is 1. The summed E-state index contributed by atoms with van der Waals surface area (Å²) in [7, 11) is 0. The van der Waals surface area contributed by atoms with Crippen molar-refractivity contribution in [1.82, 2.24) is 0 Å². The molecule has 3 atom stereocenters. The molecule has 2 aliphatic rings. The number of halogens is 2. The van der Waals surface area contributed by atoms with Gasteiger partial charge in [0.05, 0.1) is 22.4 Å². The van der Waals surface area contributed by atoms with Gasteiger partial charge in [0.15, 0.2) is 6.10 Å². The van der Waals surface area contributed by atoms with Crippen molar-refractivity contribution < 1.29 is 23.9 Å². The molecular formula is C23H16ClFN2O4. The smallest absolute Gasteiger partial charge is 0.266 e. The van der Waals surface area contributed by atoms with Crippen LogP contribution in [0.2, 0.25) is 5.02 Å². The summed E-state index contributed by atoms with van der Waals surface area (Å²) in [6.45, 7) is 0. The third kappa shape index (κ3) is 3.13. The van der Waals surface area contributed by atoms with Crippen LogP contribution in [0.4, 0.5) is 15.8 Å². The fraction of sp³-hybridized carbons (Fsp3) is 0.130. The van der Waals surface area contributed by atoms with E-state index in [4.69, 9.17) is 16.4 Å². The molecule has 6 nitrogen and oxygen atoms in total. The summed E-state index contributed by atoms with van der Waals surface area (Å²) in [5.41, 5.74) is 1.48. The van der Waals surface area contributed by atoms with E-state index in [0.717, 1.165) is 11.0 Å². The zero-order valence-electron chi connectivity index (χ0n) is 16.0. The maximum absolute atomic E-state index is 14.0. The number of aromatic hydroxyl groups is 1. The Morgan fingerprint density at radius 2 is 1.61 bits per heavy atom. The largest absolute Gasteiger partial charge is 0.508 e. The summed E-state index contributed by atoms with van der Waals surface area (Å²) in [5.74, 6) is -2.56. The molecule has 0 aromatic heterocycles. The van der Waals surface area contributed by atoms with Gasteiger partial charge >= 0.3 is 0 Å². The van der Waals surface area contributed by atoms with Gasteiger partial charge in [0.2, 0.25) is 5.91 Å². The molecular weight excluding hydrogens is 423 g/mol. The normalized spacial score (nSPS) is 22.8. The summed E-state index contributed by atoms with van der Waals surface area (Å²) in [6, 6.07) is 18.7. The molecule has 0 saturated carbocycles. The van der Waals surface area contributed by atoms with Crippen molar-refractivity contribution in [2.75, 3.05) is 9.96 Å². The first kappa shape index (κ1) is 19.5. The quantitative estimate of drug-likeness (QED) is 0.619. The molecule has 0 radical (unpaired) electrons. The topological polar surface area (TPSA) is 70.1 Å². The van der Waals surface area contributed by atoms with Crippen molar-refractivity contribution in [1.29, 1.82) is 0 Å². The lowest BCUT2D eigenvalue weighted by Gasteiger charge is -2.28. The fourth-order valence-electron chi connectivity index (χ4n) is 4.10. The van der Waals surface area contributed by atoms with E-state index in [9.17, 15) is 19.1 Å². The van der Waals surface area contributed by atoms with Crippen molar-refractivity contribution in [3.63, 3.8) is 0 Å². The van der Waals surface area contributed by atoms with Crippen LogP contribution in [0.3, 0.4) is 0 Å². The first-order chi connectivity index (χ1) is 15.0. The first-order valence-corrected chi connectivity index (χ1v) is 9.96. The summed E-state index contributed by atoms with van der Waals surface area (Å²) < 4.78 is 14.0. The predicted molar refractivity (Wildman–Crippen MR) is 112 cm³/mol. The molecule has 2 amide bonds. The van der Waals surface area contributed by atoms with Crippen LogP contribution in [0.5, 0.6) is 5.75 Å². The van der Waals surface area contributed by atoms with Crippen molar-refractivity contribution in [2.45, 2.75) is 12.1 Å². The molecule has 8 heteroatoms. The molecule has 2 saturated heterocycles. The third-order valence-corrected chi connectivity index (χ3v) is 5.83. The Balaban J connectivity index is 1.58. The van der Waals surface area contributed by atoms with Crippen LogP contribution in [-0.2, 0) is 14.4 Å². The minimum absolute atomic E-state index is 0.0811. The van der Waals surface area contributed by atoms with Crippen LogP contribution in [0.25, 0.3) is 0 Å². The monoisotopic (exact) mass is 438 g/mol. The van der Waals surface area contributed by atoms with E-state index < -0.39 is 35.7 Å². The molecule has 0 spiro atoms. The molecule has 2 fully saturated rings. The molecule has 3 aromatic carbocycles. The molecule has 0 aliphatic carbocycles. The number of benzene rings is 3. The van der Waals surface area contributed by atoms with E-state index in [1.165, 1.54) is 24.3 Å². The molecule has 31 heavy (non-hydrogen) atoms. The van der Waals surface area contributed by atoms with E-state index in [0.29, 0.717) is 11.3 Å². The molecule has 1 N–H and O–H groups in total. The standard InChI is InChI=1S/C23H16ClFN2O4/c24-17-11-8-15(12-18(17)25)26-22(29)19-20(13-6-9-16(28)10-7-13)27(31-21(19)23(26)30)14-4-2-1-3-5-14/h1-12,19-21,28H/t19-,20-,21+/m0/s1. The van der Waals surface area contributed by atoms with Crippen LogP contribution in [0.1, 0.15) is 11.6 Å². The van der Waals surface area contributed by atoms with Crippen molar-refractivity contribution >= 4 is 34.8 Å². The van der Waals surface area contributed by atoms with E-state index in [2.05, 4.69) is 0 Å². The Hall–Kier alpha value is -3.42. The summed E-state index contributed by atoms with van der Waals surface area (Å²) >= 11 is 5.74. The number of hydrogen-bond acceptors (Lipinski definition) is 5. The van der Waals surface area contributed by atoms with Gasteiger partial charge in [0.1, 0.15) is 17.5 Å². The molecule has 2 heterocycles. The SMILES string of the molecule is O=C1[C@@H]2[C@@H](ON(c3ccccc3)[C@H]2c2ccc(O)cc2)C(=O)N1c1ccc(Cl)c(F)c1. The van der Waals surface area contributed by atoms with E-state index in [1.807, 2.05) is 30.3 Å².